The fraction of sp³-hybridized carbons (Fsp3) is 0.0526. The molecule has 1 N–H and O–H groups in total. The number of nitrogens with zero attached hydrogens (tertiary/aromatic N) is 2. The predicted molar refractivity (Wildman–Crippen MR) is 103 cm³/mol. The standard InChI is InChI=1S/C19H14ClN3O4/c20-18-8-6-16(23(25)26)9-15(18)11-21-22-19(24)12-27-17-7-5-13-3-1-2-4-14(13)10-17/h1-11H,12H2,(H,22,24). The van der Waals surface area contributed by atoms with Gasteiger partial charge in [0.1, 0.15) is 5.75 Å². The molecule has 0 unspecified atom stereocenters. The van der Waals surface area contributed by atoms with E-state index in [1.54, 1.807) is 6.07 Å². The minimum atomic E-state index is -0.538. The number of carbonyl (C=O) groups excluding carboxylic acids is 1. The molecule has 0 saturated carbocycles. The number of ether oxygens (including phenoxy) is 1. The summed E-state index contributed by atoms with van der Waals surface area (Å²) in [4.78, 5) is 22.1. The molecule has 0 bridgehead atoms. The zero-order chi connectivity index (χ0) is 19.2. The van der Waals surface area contributed by atoms with E-state index in [4.69, 9.17) is 16.3 Å². The number of nitro groups is 1. The molecular formula is C19H14ClN3O4. The van der Waals surface area contributed by atoms with Crippen LogP contribution in [0.15, 0.2) is 65.8 Å². The number of halogens is 1. The summed E-state index contributed by atoms with van der Waals surface area (Å²) < 4.78 is 5.45. The lowest BCUT2D eigenvalue weighted by molar-refractivity contribution is -0.384. The molecule has 1 amide bonds. The Hall–Kier alpha value is -3.45. The van der Waals surface area contributed by atoms with Crippen LogP contribution in [0.4, 0.5) is 5.69 Å². The third-order valence-corrected chi connectivity index (χ3v) is 4.02. The monoisotopic (exact) mass is 383 g/mol. The van der Waals surface area contributed by atoms with Crippen molar-refractivity contribution in [3.05, 3.63) is 81.4 Å². The van der Waals surface area contributed by atoms with E-state index in [1.807, 2.05) is 36.4 Å². The van der Waals surface area contributed by atoms with Crippen LogP contribution in [-0.4, -0.2) is 23.7 Å². The summed E-state index contributed by atoms with van der Waals surface area (Å²) in [6.07, 6.45) is 1.24. The Balaban J connectivity index is 1.57. The number of amides is 1. The Morgan fingerprint density at radius 2 is 1.93 bits per heavy atom. The highest BCUT2D eigenvalue weighted by Gasteiger charge is 2.08. The number of rotatable bonds is 6. The molecule has 3 rings (SSSR count). The van der Waals surface area contributed by atoms with Crippen molar-refractivity contribution in [3.8, 4) is 5.75 Å². The van der Waals surface area contributed by atoms with Gasteiger partial charge in [-0.05, 0) is 29.0 Å². The van der Waals surface area contributed by atoms with Gasteiger partial charge in [0.15, 0.2) is 6.61 Å². The molecule has 0 aliphatic heterocycles. The lowest BCUT2D eigenvalue weighted by atomic mass is 10.1. The molecule has 0 heterocycles. The van der Waals surface area contributed by atoms with Gasteiger partial charge in [-0.3, -0.25) is 14.9 Å². The van der Waals surface area contributed by atoms with Crippen molar-refractivity contribution in [2.24, 2.45) is 5.10 Å². The van der Waals surface area contributed by atoms with Crippen LogP contribution in [0.1, 0.15) is 5.56 Å². The second-order valence-corrected chi connectivity index (χ2v) is 5.96. The van der Waals surface area contributed by atoms with E-state index in [9.17, 15) is 14.9 Å². The first-order valence-electron chi connectivity index (χ1n) is 7.90. The number of hydrogen-bond acceptors (Lipinski definition) is 5. The molecule has 0 aliphatic rings. The maximum Gasteiger partial charge on any atom is 0.277 e. The van der Waals surface area contributed by atoms with Crippen LogP contribution in [0.2, 0.25) is 5.02 Å². The van der Waals surface area contributed by atoms with Gasteiger partial charge < -0.3 is 4.74 Å². The minimum absolute atomic E-state index is 0.119. The smallest absolute Gasteiger partial charge is 0.277 e. The Morgan fingerprint density at radius 1 is 1.15 bits per heavy atom. The second kappa shape index (κ2) is 8.29. The van der Waals surface area contributed by atoms with Crippen molar-refractivity contribution in [1.29, 1.82) is 0 Å². The van der Waals surface area contributed by atoms with Crippen LogP contribution >= 0.6 is 11.6 Å². The third-order valence-electron chi connectivity index (χ3n) is 3.67. The summed E-state index contributed by atoms with van der Waals surface area (Å²) in [5.74, 6) is 0.0931. The molecule has 0 saturated heterocycles. The Labute approximate surface area is 159 Å². The van der Waals surface area contributed by atoms with E-state index in [2.05, 4.69) is 10.5 Å². The summed E-state index contributed by atoms with van der Waals surface area (Å²) in [6.45, 7) is -0.224. The highest BCUT2D eigenvalue weighted by molar-refractivity contribution is 6.33. The van der Waals surface area contributed by atoms with Gasteiger partial charge in [-0.2, -0.15) is 5.10 Å². The number of nitro benzene ring substituents is 1. The van der Waals surface area contributed by atoms with Gasteiger partial charge in [0.25, 0.3) is 11.6 Å². The number of carbonyl (C=O) groups is 1. The Bertz CT molecular complexity index is 1040. The van der Waals surface area contributed by atoms with E-state index < -0.39 is 10.8 Å². The van der Waals surface area contributed by atoms with Crippen molar-refractivity contribution in [2.75, 3.05) is 6.61 Å². The number of benzene rings is 3. The van der Waals surface area contributed by atoms with Crippen molar-refractivity contribution >= 4 is 40.2 Å². The Kier molecular flexibility index (Phi) is 5.63. The number of hydrazone groups is 1. The molecule has 0 aliphatic carbocycles. The van der Waals surface area contributed by atoms with E-state index in [-0.39, 0.29) is 17.3 Å². The molecular weight excluding hydrogens is 370 g/mol. The van der Waals surface area contributed by atoms with Gasteiger partial charge in [0.05, 0.1) is 11.1 Å². The first-order chi connectivity index (χ1) is 13.0. The first-order valence-corrected chi connectivity index (χ1v) is 8.28. The molecule has 0 atom stereocenters. The van der Waals surface area contributed by atoms with Crippen LogP contribution in [0.5, 0.6) is 5.75 Å². The van der Waals surface area contributed by atoms with E-state index in [0.29, 0.717) is 11.3 Å². The number of fused-ring (bicyclic) bond motifs is 1. The summed E-state index contributed by atoms with van der Waals surface area (Å²) in [6, 6.07) is 17.3. The maximum absolute atomic E-state index is 11.8. The number of nitrogens with one attached hydrogen (secondary N) is 1. The Morgan fingerprint density at radius 3 is 2.70 bits per heavy atom. The van der Waals surface area contributed by atoms with Gasteiger partial charge in [0, 0.05) is 22.7 Å². The lowest BCUT2D eigenvalue weighted by Gasteiger charge is -2.06. The molecule has 0 spiro atoms. The third kappa shape index (κ3) is 4.80. The van der Waals surface area contributed by atoms with Gasteiger partial charge in [0.2, 0.25) is 0 Å². The molecule has 0 radical (unpaired) electrons. The normalized spacial score (nSPS) is 10.9. The number of hydrogen-bond donors (Lipinski definition) is 1. The lowest BCUT2D eigenvalue weighted by Crippen LogP contribution is -2.24. The van der Waals surface area contributed by atoms with E-state index in [0.717, 1.165) is 10.8 Å². The molecule has 0 aromatic heterocycles. The molecule has 7 nitrogen and oxygen atoms in total. The predicted octanol–water partition coefficient (Wildman–Crippen LogP) is 3.93. The largest absolute Gasteiger partial charge is 0.484 e. The topological polar surface area (TPSA) is 93.8 Å². The highest BCUT2D eigenvalue weighted by atomic mass is 35.5. The quantitative estimate of drug-likeness (QED) is 0.396. The molecule has 3 aromatic carbocycles. The van der Waals surface area contributed by atoms with E-state index in [1.165, 1.54) is 24.4 Å². The SMILES string of the molecule is O=C(COc1ccc2ccccc2c1)NN=Cc1cc([N+](=O)[O-])ccc1Cl. The van der Waals surface area contributed by atoms with Crippen LogP contribution in [0.25, 0.3) is 10.8 Å². The van der Waals surface area contributed by atoms with Gasteiger partial charge in [-0.15, -0.1) is 0 Å². The van der Waals surface area contributed by atoms with Crippen molar-refractivity contribution in [1.82, 2.24) is 5.43 Å². The van der Waals surface area contributed by atoms with E-state index >= 15 is 0 Å². The summed E-state index contributed by atoms with van der Waals surface area (Å²) >= 11 is 5.95. The summed E-state index contributed by atoms with van der Waals surface area (Å²) in [5, 5.41) is 16.9. The molecule has 27 heavy (non-hydrogen) atoms. The van der Waals surface area contributed by atoms with Gasteiger partial charge >= 0.3 is 0 Å². The van der Waals surface area contributed by atoms with Crippen molar-refractivity contribution in [2.45, 2.75) is 0 Å². The average molecular weight is 384 g/mol. The number of non-ortho nitro benzene ring substituents is 1. The van der Waals surface area contributed by atoms with Crippen LogP contribution in [0.3, 0.4) is 0 Å². The maximum atomic E-state index is 11.8. The highest BCUT2D eigenvalue weighted by Crippen LogP contribution is 2.21. The minimum Gasteiger partial charge on any atom is -0.484 e. The second-order valence-electron chi connectivity index (χ2n) is 5.55. The summed E-state index contributed by atoms with van der Waals surface area (Å²) in [5.41, 5.74) is 2.49. The zero-order valence-corrected chi connectivity index (χ0v) is 14.7. The summed E-state index contributed by atoms with van der Waals surface area (Å²) in [7, 11) is 0. The van der Waals surface area contributed by atoms with Crippen LogP contribution < -0.4 is 10.2 Å². The van der Waals surface area contributed by atoms with Gasteiger partial charge in [-0.25, -0.2) is 5.43 Å². The molecule has 8 heteroatoms. The van der Waals surface area contributed by atoms with Crippen LogP contribution in [-0.2, 0) is 4.79 Å². The average Bonchev–Trinajstić information content (AvgIpc) is 2.67. The fourth-order valence-electron chi connectivity index (χ4n) is 2.36. The van der Waals surface area contributed by atoms with Gasteiger partial charge in [-0.1, -0.05) is 41.9 Å². The zero-order valence-electron chi connectivity index (χ0n) is 14.0. The first kappa shape index (κ1) is 18.3. The van der Waals surface area contributed by atoms with Crippen molar-refractivity contribution < 1.29 is 14.5 Å². The van der Waals surface area contributed by atoms with Crippen LogP contribution in [0, 0.1) is 10.1 Å². The fourth-order valence-corrected chi connectivity index (χ4v) is 2.52. The molecule has 136 valence electrons. The van der Waals surface area contributed by atoms with Crippen molar-refractivity contribution in [3.63, 3.8) is 0 Å². The molecule has 3 aromatic rings. The molecule has 0 fully saturated rings.